The number of hydrogen-bond acceptors (Lipinski definition) is 3. The molecule has 0 spiro atoms. The summed E-state index contributed by atoms with van der Waals surface area (Å²) >= 11 is 0. The van der Waals surface area contributed by atoms with Crippen LogP contribution in [0.25, 0.3) is 10.5 Å². The van der Waals surface area contributed by atoms with E-state index in [1.54, 1.807) is 0 Å². The molecule has 0 unspecified atom stereocenters. The molecule has 112 valence electrons. The van der Waals surface area contributed by atoms with Crippen LogP contribution >= 0.6 is 0 Å². The highest BCUT2D eigenvalue weighted by molar-refractivity contribution is 5.81. The molecule has 0 bridgehead atoms. The third-order valence-corrected chi connectivity index (χ3v) is 3.87. The molecule has 4 nitrogen and oxygen atoms in total. The van der Waals surface area contributed by atoms with Crippen LogP contribution in [0.3, 0.4) is 0 Å². The van der Waals surface area contributed by atoms with Gasteiger partial charge in [-0.3, -0.25) is 0 Å². The van der Waals surface area contributed by atoms with E-state index in [9.17, 15) is 5.26 Å². The molecule has 1 N–H and O–H groups in total. The number of para-hydroxylation sites is 1. The summed E-state index contributed by atoms with van der Waals surface area (Å²) in [7, 11) is 0. The average molecular weight is 300 g/mol. The molecule has 0 aromatic heterocycles. The molecule has 0 saturated heterocycles. The molecule has 1 heterocycles. The van der Waals surface area contributed by atoms with Gasteiger partial charge in [-0.15, -0.1) is 0 Å². The Hall–Kier alpha value is -3.24. The molecule has 0 saturated carbocycles. The van der Waals surface area contributed by atoms with E-state index in [1.807, 2.05) is 48.5 Å². The highest BCUT2D eigenvalue weighted by Gasteiger charge is 2.20. The van der Waals surface area contributed by atoms with Gasteiger partial charge in [-0.1, -0.05) is 48.5 Å². The fourth-order valence-corrected chi connectivity index (χ4v) is 2.81. The first kappa shape index (κ1) is 14.7. The first-order valence-electron chi connectivity index (χ1n) is 7.47. The van der Waals surface area contributed by atoms with Gasteiger partial charge in [0.05, 0.1) is 18.3 Å². The molecule has 2 aromatic rings. The van der Waals surface area contributed by atoms with Crippen LogP contribution in [0.4, 0.5) is 5.69 Å². The summed E-state index contributed by atoms with van der Waals surface area (Å²) in [5, 5.41) is 12.5. The number of rotatable bonds is 2. The van der Waals surface area contributed by atoms with Crippen LogP contribution < -0.4 is 10.2 Å². The second-order valence-corrected chi connectivity index (χ2v) is 5.30. The quantitative estimate of drug-likeness (QED) is 0.683. The summed E-state index contributed by atoms with van der Waals surface area (Å²) in [5.74, 6) is 0. The molecule has 0 fully saturated rings. The highest BCUT2D eigenvalue weighted by Crippen LogP contribution is 2.31. The second-order valence-electron chi connectivity index (χ2n) is 5.30. The van der Waals surface area contributed by atoms with Crippen LogP contribution in [-0.2, 0) is 6.54 Å². The van der Waals surface area contributed by atoms with Crippen LogP contribution in [0, 0.1) is 17.9 Å². The average Bonchev–Trinajstić information content (AvgIpc) is 2.78. The molecule has 0 atom stereocenters. The van der Waals surface area contributed by atoms with E-state index in [1.165, 1.54) is 5.56 Å². The molecule has 0 radical (unpaired) electrons. The Bertz CT molecular complexity index is 793. The van der Waals surface area contributed by atoms with Crippen LogP contribution in [-0.4, -0.2) is 13.1 Å². The smallest absolute Gasteiger partial charge is 0.284 e. The predicted molar refractivity (Wildman–Crippen MR) is 91.1 cm³/mol. The molecule has 1 aliphatic rings. The van der Waals surface area contributed by atoms with Gasteiger partial charge in [-0.2, -0.15) is 0 Å². The maximum absolute atomic E-state index is 9.22. The van der Waals surface area contributed by atoms with Gasteiger partial charge in [0.25, 0.3) is 5.70 Å². The number of hydrogen-bond donors (Lipinski definition) is 1. The summed E-state index contributed by atoms with van der Waals surface area (Å²) in [5.41, 5.74) is 3.94. The number of allylic oxidation sites excluding steroid dienone is 1. The number of anilines is 1. The van der Waals surface area contributed by atoms with Gasteiger partial charge in [0.1, 0.15) is 0 Å². The topological polar surface area (TPSA) is 43.4 Å². The van der Waals surface area contributed by atoms with Gasteiger partial charge in [0, 0.05) is 30.9 Å². The van der Waals surface area contributed by atoms with Crippen molar-refractivity contribution in [1.29, 1.82) is 5.26 Å². The van der Waals surface area contributed by atoms with E-state index < -0.39 is 0 Å². The van der Waals surface area contributed by atoms with Crippen LogP contribution in [0.1, 0.15) is 11.1 Å². The maximum Gasteiger partial charge on any atom is 0.284 e. The Morgan fingerprint density at radius 3 is 2.65 bits per heavy atom. The molecular weight excluding hydrogens is 284 g/mol. The number of nitriles is 1. The van der Waals surface area contributed by atoms with Crippen molar-refractivity contribution in [3.8, 4) is 6.07 Å². The molecule has 1 aliphatic heterocycles. The molecule has 2 aromatic carbocycles. The first-order chi connectivity index (χ1) is 11.3. The minimum absolute atomic E-state index is 0.110. The molecule has 0 amide bonds. The van der Waals surface area contributed by atoms with Gasteiger partial charge in [-0.05, 0) is 11.6 Å². The Kier molecular flexibility index (Phi) is 4.27. The first-order valence-corrected chi connectivity index (χ1v) is 7.47. The zero-order valence-electron chi connectivity index (χ0n) is 12.7. The zero-order valence-corrected chi connectivity index (χ0v) is 12.7. The number of nitrogens with zero attached hydrogens (tertiary/aromatic N) is 3. The lowest BCUT2D eigenvalue weighted by molar-refractivity contribution is 0.763. The van der Waals surface area contributed by atoms with Crippen molar-refractivity contribution in [3.05, 3.63) is 82.8 Å². The Morgan fingerprint density at radius 2 is 1.91 bits per heavy atom. The fourth-order valence-electron chi connectivity index (χ4n) is 2.81. The third kappa shape index (κ3) is 3.02. The lowest BCUT2D eigenvalue weighted by Crippen LogP contribution is -2.28. The zero-order chi connectivity index (χ0) is 16.1. The van der Waals surface area contributed by atoms with Gasteiger partial charge >= 0.3 is 0 Å². The Balaban J connectivity index is 2.05. The fraction of sp³-hybridized carbons (Fsp3) is 0.158. The Labute approximate surface area is 136 Å². The lowest BCUT2D eigenvalue weighted by Gasteiger charge is -2.24. The van der Waals surface area contributed by atoms with Crippen LogP contribution in [0.2, 0.25) is 0 Å². The largest absolute Gasteiger partial charge is 0.391 e. The summed E-state index contributed by atoms with van der Waals surface area (Å²) < 4.78 is 0. The van der Waals surface area contributed by atoms with Gasteiger partial charge in [0.15, 0.2) is 0 Å². The van der Waals surface area contributed by atoms with E-state index in [2.05, 4.69) is 27.2 Å². The highest BCUT2D eigenvalue weighted by atomic mass is 15.2. The minimum atomic E-state index is 0.110. The van der Waals surface area contributed by atoms with Gasteiger partial charge in [-0.25, -0.2) is 10.1 Å². The summed E-state index contributed by atoms with van der Waals surface area (Å²) in [4.78, 5) is 5.65. The van der Waals surface area contributed by atoms with Crippen molar-refractivity contribution >= 4 is 11.4 Å². The van der Waals surface area contributed by atoms with Crippen molar-refractivity contribution in [1.82, 2.24) is 5.32 Å². The number of nitrogens with one attached hydrogen (secondary N) is 1. The third-order valence-electron chi connectivity index (χ3n) is 3.87. The van der Waals surface area contributed by atoms with E-state index in [0.29, 0.717) is 12.2 Å². The molecular formula is C19H16N4. The molecule has 23 heavy (non-hydrogen) atoms. The maximum atomic E-state index is 9.22. The van der Waals surface area contributed by atoms with Gasteiger partial charge in [0.2, 0.25) is 0 Å². The lowest BCUT2D eigenvalue weighted by atomic mass is 10.1. The summed E-state index contributed by atoms with van der Waals surface area (Å²) in [6, 6.07) is 20.2. The van der Waals surface area contributed by atoms with Gasteiger partial charge < -0.3 is 10.2 Å². The van der Waals surface area contributed by atoms with E-state index in [0.717, 1.165) is 24.3 Å². The van der Waals surface area contributed by atoms with Crippen LogP contribution in [0.15, 0.2) is 60.3 Å². The second kappa shape index (κ2) is 6.68. The minimum Gasteiger partial charge on any atom is -0.391 e. The number of benzene rings is 2. The summed E-state index contributed by atoms with van der Waals surface area (Å²) in [6.07, 6.45) is 0. The van der Waals surface area contributed by atoms with Crippen molar-refractivity contribution in [3.63, 3.8) is 0 Å². The predicted octanol–water partition coefficient (Wildman–Crippen LogP) is 3.41. The number of fused-ring (bicyclic) bond motifs is 1. The van der Waals surface area contributed by atoms with Crippen molar-refractivity contribution in [2.45, 2.75) is 6.54 Å². The van der Waals surface area contributed by atoms with E-state index in [4.69, 9.17) is 6.57 Å². The van der Waals surface area contributed by atoms with Crippen molar-refractivity contribution in [2.24, 2.45) is 0 Å². The monoisotopic (exact) mass is 300 g/mol. The molecule has 4 heteroatoms. The normalized spacial score (nSPS) is 15.5. The summed E-state index contributed by atoms with van der Waals surface area (Å²) in [6.45, 7) is 9.53. The van der Waals surface area contributed by atoms with Crippen LogP contribution in [0.5, 0.6) is 0 Å². The van der Waals surface area contributed by atoms with Crippen molar-refractivity contribution in [2.75, 3.05) is 18.0 Å². The van der Waals surface area contributed by atoms with Crippen molar-refractivity contribution < 1.29 is 0 Å². The Morgan fingerprint density at radius 1 is 1.17 bits per heavy atom. The standard InChI is InChI=1S/C19H16N4/c1-21-17(13-20)19-16-9-5-6-10-18(16)23(12-11-22-19)14-15-7-3-2-4-8-15/h2-10,22H,11-12,14H2/b19-17+. The van der Waals surface area contributed by atoms with E-state index in [-0.39, 0.29) is 5.70 Å². The molecule has 0 aliphatic carbocycles. The van der Waals surface area contributed by atoms with E-state index >= 15 is 0 Å². The SMILES string of the molecule is [C-]#[N+]/C(C#N)=C1/NCCN(Cc2ccccc2)c2ccccc21. The molecule has 3 rings (SSSR count).